The van der Waals surface area contributed by atoms with Crippen molar-refractivity contribution in [1.82, 2.24) is 9.80 Å². The highest BCUT2D eigenvalue weighted by Gasteiger charge is 2.66. The van der Waals surface area contributed by atoms with E-state index in [1.165, 1.54) is 96.3 Å². The minimum Gasteiger partial charge on any atom is -0.342 e. The van der Waals surface area contributed by atoms with Gasteiger partial charge in [0.1, 0.15) is 0 Å². The molecule has 0 aliphatic heterocycles. The molecule has 71 heavy (non-hydrogen) atoms. The van der Waals surface area contributed by atoms with Crippen molar-refractivity contribution in [1.29, 1.82) is 0 Å². The highest BCUT2D eigenvalue weighted by molar-refractivity contribution is 5.60. The van der Waals surface area contributed by atoms with Gasteiger partial charge in [-0.15, -0.1) is 0 Å². The van der Waals surface area contributed by atoms with E-state index < -0.39 is 0 Å². The molecule has 2 heteroatoms. The number of nitrogens with zero attached hydrogens (tertiary/aromatic N) is 2. The molecular formula is C69H96N2. The van der Waals surface area contributed by atoms with Gasteiger partial charge in [0.15, 0.2) is 0 Å². The lowest BCUT2D eigenvalue weighted by atomic mass is 9.41. The Bertz CT molecular complexity index is 2490. The lowest BCUT2D eigenvalue weighted by Crippen LogP contribution is -2.65. The summed E-state index contributed by atoms with van der Waals surface area (Å²) >= 11 is 0. The zero-order valence-electron chi connectivity index (χ0n) is 46.6. The number of hydrogen-bond acceptors (Lipinski definition) is 2. The van der Waals surface area contributed by atoms with Crippen molar-refractivity contribution in [2.45, 2.75) is 197 Å². The molecular weight excluding hydrogens is 857 g/mol. The van der Waals surface area contributed by atoms with Crippen molar-refractivity contribution in [3.05, 3.63) is 106 Å². The third-order valence-corrected chi connectivity index (χ3v) is 26.0. The van der Waals surface area contributed by atoms with Crippen LogP contribution in [-0.4, -0.2) is 34.0 Å². The first kappa shape index (κ1) is 46.9. The van der Waals surface area contributed by atoms with Crippen molar-refractivity contribution >= 4 is 0 Å². The molecule has 0 N–H and O–H groups in total. The van der Waals surface area contributed by atoms with Crippen LogP contribution in [0.4, 0.5) is 0 Å². The molecule has 21 unspecified atom stereocenters. The first-order valence-electron chi connectivity index (χ1n) is 30.8. The van der Waals surface area contributed by atoms with Gasteiger partial charge >= 0.3 is 0 Å². The van der Waals surface area contributed by atoms with E-state index in [0.717, 1.165) is 59.2 Å². The number of rotatable bonds is 6. The lowest BCUT2D eigenvalue weighted by Gasteiger charge is -2.67. The maximum Gasteiger partial charge on any atom is 0.0440 e. The van der Waals surface area contributed by atoms with E-state index in [9.17, 15) is 0 Å². The van der Waals surface area contributed by atoms with E-state index in [2.05, 4.69) is 158 Å². The fraction of sp³-hybridized carbons (Fsp3) is 0.739. The summed E-state index contributed by atoms with van der Waals surface area (Å²) in [5, 5.41) is 0. The molecule has 14 rings (SSSR count). The number of hydrogen-bond donors (Lipinski definition) is 0. The number of allylic oxidation sites excluding steroid dienone is 15. The van der Waals surface area contributed by atoms with Crippen molar-refractivity contribution in [2.24, 2.45) is 123 Å². The molecule has 14 aliphatic carbocycles. The molecule has 0 radical (unpaired) electrons. The quantitative estimate of drug-likeness (QED) is 0.245. The summed E-state index contributed by atoms with van der Waals surface area (Å²) in [5.74, 6) is 13.2. The molecule has 6 saturated carbocycles. The second kappa shape index (κ2) is 16.5. The van der Waals surface area contributed by atoms with Crippen LogP contribution in [0.2, 0.25) is 0 Å². The molecule has 0 aromatic heterocycles. The molecule has 0 saturated heterocycles. The predicted molar refractivity (Wildman–Crippen MR) is 295 cm³/mol. The van der Waals surface area contributed by atoms with Crippen LogP contribution in [0.15, 0.2) is 106 Å². The Morgan fingerprint density at radius 3 is 2.32 bits per heavy atom. The smallest absolute Gasteiger partial charge is 0.0440 e. The van der Waals surface area contributed by atoms with Gasteiger partial charge < -0.3 is 4.90 Å². The standard InChI is InChI=1S/C69H96N2/c1-38-26-29-56(40(3)32-38)70(57-24-16-20-47-45-18-12-14-22-53(45)68(8,9)65(47)57)60-34-39(2)44-27-28-49-61(35-43-30-31-67(6,7)55-36-52(60)63(44)64(49)62(43)55)71(59-37-51-42(5)50(51)33-41(59)4)58-25-17-21-48-46-19-13-15-23-54(46)69(10,11)66(48)58/h12-14,16,18-20,22,25,33,37-40,43,45-50,52-57,60-62,64-66H,15,17,21,23-24,26-32,34-36H2,1-11H3/t38?,39?,40?,43?,45?,46?,47?,48?,49?,50-,52?,53?,54?,55?,56?,57?,60?,61?,62?,64?,65?,66?/m1/s1. The Morgan fingerprint density at radius 2 is 1.49 bits per heavy atom. The SMILES string of the molecule is CC1=C[C@@H]2C(C)=C2C=C1N(C1=CCCC2C3C=CCCC3C(C)(C)C12)C1CC2CCC(C)(C)C3CC4C5=C(CCC1C5C23)C(C)CC4N(C1CCC(C)CC1C)C1CC=CC2C3C=CC=CC3C(C)(C)C21. The summed E-state index contributed by atoms with van der Waals surface area (Å²) < 4.78 is 0. The normalized spacial score (nSPS) is 49.7. The van der Waals surface area contributed by atoms with E-state index in [-0.39, 0.29) is 5.41 Å². The maximum absolute atomic E-state index is 3.48. The van der Waals surface area contributed by atoms with Gasteiger partial charge in [0.05, 0.1) is 0 Å². The molecule has 6 fully saturated rings. The molecule has 0 amide bonds. The third kappa shape index (κ3) is 6.71. The van der Waals surface area contributed by atoms with Crippen LogP contribution in [0, 0.1) is 123 Å². The summed E-state index contributed by atoms with van der Waals surface area (Å²) in [6, 6.07) is 2.56. The Balaban J connectivity index is 0.908. The number of fused-ring (bicyclic) bond motifs is 7. The zero-order valence-corrected chi connectivity index (χ0v) is 46.6. The Kier molecular flexibility index (Phi) is 10.9. The summed E-state index contributed by atoms with van der Waals surface area (Å²) in [4.78, 5) is 6.72. The molecule has 0 aromatic carbocycles. The minimum atomic E-state index is 0.274. The maximum atomic E-state index is 3.48. The fourth-order valence-corrected chi connectivity index (χ4v) is 23.1. The van der Waals surface area contributed by atoms with Crippen LogP contribution in [-0.2, 0) is 0 Å². The summed E-state index contributed by atoms with van der Waals surface area (Å²) in [7, 11) is 0. The predicted octanol–water partition coefficient (Wildman–Crippen LogP) is 16.9. The zero-order chi connectivity index (χ0) is 48.8. The first-order chi connectivity index (χ1) is 34.1. The lowest BCUT2D eigenvalue weighted by molar-refractivity contribution is -0.123. The van der Waals surface area contributed by atoms with Gasteiger partial charge in [-0.3, -0.25) is 4.90 Å². The summed E-state index contributed by atoms with van der Waals surface area (Å²) in [6.07, 6.45) is 49.9. The van der Waals surface area contributed by atoms with Crippen LogP contribution in [0.25, 0.3) is 0 Å². The molecule has 0 heterocycles. The Hall–Kier alpha value is -2.58. The highest BCUT2D eigenvalue weighted by atomic mass is 15.2. The first-order valence-corrected chi connectivity index (χ1v) is 30.8. The molecule has 0 aromatic rings. The molecule has 2 nitrogen and oxygen atoms in total. The van der Waals surface area contributed by atoms with Crippen molar-refractivity contribution in [3.63, 3.8) is 0 Å². The van der Waals surface area contributed by atoms with Gasteiger partial charge in [-0.2, -0.15) is 0 Å². The van der Waals surface area contributed by atoms with E-state index in [0.29, 0.717) is 82.3 Å². The summed E-state index contributed by atoms with van der Waals surface area (Å²) in [5.41, 5.74) is 13.4. The van der Waals surface area contributed by atoms with Gasteiger partial charge in [-0.25, -0.2) is 0 Å². The molecule has 0 spiro atoms. The minimum absolute atomic E-state index is 0.274. The van der Waals surface area contributed by atoms with E-state index in [1.807, 2.05) is 5.57 Å². The summed E-state index contributed by atoms with van der Waals surface area (Å²) in [6.45, 7) is 29.5. The van der Waals surface area contributed by atoms with Gasteiger partial charge in [-0.05, 0) is 238 Å². The van der Waals surface area contributed by atoms with E-state index >= 15 is 0 Å². The van der Waals surface area contributed by atoms with Crippen LogP contribution in [0.1, 0.15) is 172 Å². The second-order valence-corrected chi connectivity index (χ2v) is 30.2. The molecule has 0 bridgehead atoms. The van der Waals surface area contributed by atoms with Crippen molar-refractivity contribution < 1.29 is 0 Å². The van der Waals surface area contributed by atoms with Gasteiger partial charge in [-0.1, -0.05) is 140 Å². The van der Waals surface area contributed by atoms with Gasteiger partial charge in [0, 0.05) is 47.4 Å². The van der Waals surface area contributed by atoms with Gasteiger partial charge in [0.25, 0.3) is 0 Å². The molecule has 382 valence electrons. The monoisotopic (exact) mass is 953 g/mol. The average molecular weight is 954 g/mol. The Morgan fingerprint density at radius 1 is 0.676 bits per heavy atom. The van der Waals surface area contributed by atoms with Crippen LogP contribution in [0.5, 0.6) is 0 Å². The van der Waals surface area contributed by atoms with Crippen LogP contribution in [0.3, 0.4) is 0 Å². The largest absolute Gasteiger partial charge is 0.342 e. The molecule has 14 aliphatic rings. The second-order valence-electron chi connectivity index (χ2n) is 30.2. The van der Waals surface area contributed by atoms with Crippen molar-refractivity contribution in [3.8, 4) is 0 Å². The molecule has 22 atom stereocenters. The van der Waals surface area contributed by atoms with E-state index in [4.69, 9.17) is 0 Å². The highest BCUT2D eigenvalue weighted by Crippen LogP contribution is 2.71. The van der Waals surface area contributed by atoms with Crippen LogP contribution < -0.4 is 0 Å². The fourth-order valence-electron chi connectivity index (χ4n) is 23.1. The topological polar surface area (TPSA) is 6.48 Å². The van der Waals surface area contributed by atoms with Crippen LogP contribution >= 0.6 is 0 Å². The average Bonchev–Trinajstić information content (AvgIpc) is 3.81. The van der Waals surface area contributed by atoms with Crippen molar-refractivity contribution in [2.75, 3.05) is 0 Å². The van der Waals surface area contributed by atoms with E-state index in [1.54, 1.807) is 28.1 Å². The third-order valence-electron chi connectivity index (χ3n) is 26.0. The Labute approximate surface area is 433 Å². The van der Waals surface area contributed by atoms with Gasteiger partial charge in [0.2, 0.25) is 0 Å².